The molecule has 1 saturated heterocycles. The van der Waals surface area contributed by atoms with Crippen LogP contribution in [-0.2, 0) is 4.79 Å². The average molecular weight is 249 g/mol. The number of carbonyl (C=O) groups is 1. The van der Waals surface area contributed by atoms with Crippen LogP contribution < -0.4 is 5.32 Å². The molecule has 3 heteroatoms. The molecule has 0 unspecified atom stereocenters. The van der Waals surface area contributed by atoms with E-state index < -0.39 is 0 Å². The second-order valence-electron chi connectivity index (χ2n) is 4.69. The molecule has 1 fully saturated rings. The third-order valence-corrected chi connectivity index (χ3v) is 4.28. The van der Waals surface area contributed by atoms with E-state index in [4.69, 9.17) is 0 Å². The van der Waals surface area contributed by atoms with Crippen LogP contribution in [0.4, 0.5) is 5.69 Å². The van der Waals surface area contributed by atoms with E-state index in [1.54, 1.807) is 0 Å². The monoisotopic (exact) mass is 249 g/mol. The zero-order chi connectivity index (χ0) is 12.3. The molecule has 2 nitrogen and oxygen atoms in total. The Balaban J connectivity index is 2.02. The first-order chi connectivity index (χ1) is 8.16. The molecule has 1 heterocycles. The standard InChI is InChI=1S/C14H19NOS/c1-10-3-4-13(11(2)9-10)15-14(16)12-5-7-17-8-6-12/h3-4,9,12H,5-8H2,1-2H3,(H,15,16). The summed E-state index contributed by atoms with van der Waals surface area (Å²) >= 11 is 1.95. The summed E-state index contributed by atoms with van der Waals surface area (Å²) in [6.45, 7) is 4.11. The van der Waals surface area contributed by atoms with Crippen molar-refractivity contribution in [2.24, 2.45) is 5.92 Å². The van der Waals surface area contributed by atoms with Crippen molar-refractivity contribution in [3.63, 3.8) is 0 Å². The lowest BCUT2D eigenvalue weighted by atomic mass is 10.0. The van der Waals surface area contributed by atoms with Crippen LogP contribution in [0.15, 0.2) is 18.2 Å². The number of carbonyl (C=O) groups excluding carboxylic acids is 1. The van der Waals surface area contributed by atoms with Crippen LogP contribution in [0, 0.1) is 19.8 Å². The van der Waals surface area contributed by atoms with Crippen LogP contribution >= 0.6 is 11.8 Å². The van der Waals surface area contributed by atoms with Gasteiger partial charge in [0.25, 0.3) is 0 Å². The molecular weight excluding hydrogens is 230 g/mol. The van der Waals surface area contributed by atoms with E-state index in [9.17, 15) is 4.79 Å². The zero-order valence-corrected chi connectivity index (χ0v) is 11.3. The van der Waals surface area contributed by atoms with Crippen LogP contribution in [-0.4, -0.2) is 17.4 Å². The highest BCUT2D eigenvalue weighted by atomic mass is 32.2. The minimum Gasteiger partial charge on any atom is -0.326 e. The van der Waals surface area contributed by atoms with Crippen molar-refractivity contribution in [3.05, 3.63) is 29.3 Å². The normalized spacial score (nSPS) is 16.8. The van der Waals surface area contributed by atoms with Crippen LogP contribution in [0.1, 0.15) is 24.0 Å². The summed E-state index contributed by atoms with van der Waals surface area (Å²) in [6, 6.07) is 6.14. The first-order valence-electron chi connectivity index (χ1n) is 6.12. The SMILES string of the molecule is Cc1ccc(NC(=O)C2CCSCC2)c(C)c1. The van der Waals surface area contributed by atoms with Gasteiger partial charge in [-0.2, -0.15) is 11.8 Å². The van der Waals surface area contributed by atoms with Gasteiger partial charge in [-0.1, -0.05) is 17.7 Å². The molecule has 1 aliphatic heterocycles. The summed E-state index contributed by atoms with van der Waals surface area (Å²) in [5.74, 6) is 2.63. The number of hydrogen-bond donors (Lipinski definition) is 1. The van der Waals surface area contributed by atoms with Gasteiger partial charge in [-0.05, 0) is 49.8 Å². The minimum atomic E-state index is 0.192. The topological polar surface area (TPSA) is 29.1 Å². The summed E-state index contributed by atoms with van der Waals surface area (Å²) in [7, 11) is 0. The van der Waals surface area contributed by atoms with Gasteiger partial charge in [-0.25, -0.2) is 0 Å². The first kappa shape index (κ1) is 12.5. The van der Waals surface area contributed by atoms with Gasteiger partial charge in [-0.3, -0.25) is 4.79 Å². The number of anilines is 1. The lowest BCUT2D eigenvalue weighted by Crippen LogP contribution is -2.26. The van der Waals surface area contributed by atoms with Gasteiger partial charge in [0.1, 0.15) is 0 Å². The molecule has 1 aliphatic rings. The average Bonchev–Trinajstić information content (AvgIpc) is 2.34. The number of hydrogen-bond acceptors (Lipinski definition) is 2. The molecule has 92 valence electrons. The second-order valence-corrected chi connectivity index (χ2v) is 5.92. The lowest BCUT2D eigenvalue weighted by molar-refractivity contribution is -0.120. The Labute approximate surface area is 107 Å². The molecule has 2 rings (SSSR count). The Morgan fingerprint density at radius 2 is 2.00 bits per heavy atom. The quantitative estimate of drug-likeness (QED) is 0.870. The molecule has 0 bridgehead atoms. The van der Waals surface area contributed by atoms with Gasteiger partial charge < -0.3 is 5.32 Å². The fraction of sp³-hybridized carbons (Fsp3) is 0.500. The number of thioether (sulfide) groups is 1. The summed E-state index contributed by atoms with van der Waals surface area (Å²) in [4.78, 5) is 12.1. The Kier molecular flexibility index (Phi) is 4.11. The molecule has 1 aromatic carbocycles. The highest BCUT2D eigenvalue weighted by Crippen LogP contribution is 2.25. The van der Waals surface area contributed by atoms with E-state index in [-0.39, 0.29) is 11.8 Å². The fourth-order valence-corrected chi connectivity index (χ4v) is 3.25. The van der Waals surface area contributed by atoms with Crippen molar-refractivity contribution in [2.45, 2.75) is 26.7 Å². The molecule has 1 aromatic rings. The molecule has 0 aromatic heterocycles. The zero-order valence-electron chi connectivity index (χ0n) is 10.5. The third kappa shape index (κ3) is 3.25. The predicted octanol–water partition coefficient (Wildman–Crippen LogP) is 3.39. The number of nitrogens with one attached hydrogen (secondary N) is 1. The van der Waals surface area contributed by atoms with Gasteiger partial charge in [0.2, 0.25) is 5.91 Å². The molecule has 0 saturated carbocycles. The van der Waals surface area contributed by atoms with Crippen molar-refractivity contribution < 1.29 is 4.79 Å². The molecule has 1 amide bonds. The van der Waals surface area contributed by atoms with E-state index in [1.165, 1.54) is 5.56 Å². The minimum absolute atomic E-state index is 0.192. The largest absolute Gasteiger partial charge is 0.326 e. The first-order valence-corrected chi connectivity index (χ1v) is 7.28. The van der Waals surface area contributed by atoms with Crippen molar-refractivity contribution in [1.29, 1.82) is 0 Å². The van der Waals surface area contributed by atoms with Crippen molar-refractivity contribution >= 4 is 23.4 Å². The van der Waals surface area contributed by atoms with Crippen LogP contribution in [0.3, 0.4) is 0 Å². The second kappa shape index (κ2) is 5.58. The number of aryl methyl sites for hydroxylation is 2. The molecule has 0 aliphatic carbocycles. The summed E-state index contributed by atoms with van der Waals surface area (Å²) in [5.41, 5.74) is 3.33. The Morgan fingerprint density at radius 1 is 1.29 bits per heavy atom. The van der Waals surface area contributed by atoms with Crippen molar-refractivity contribution in [2.75, 3.05) is 16.8 Å². The summed E-state index contributed by atoms with van der Waals surface area (Å²) in [6.07, 6.45) is 2.03. The number of benzene rings is 1. The number of amides is 1. The van der Waals surface area contributed by atoms with Gasteiger partial charge in [-0.15, -0.1) is 0 Å². The molecule has 0 spiro atoms. The molecule has 17 heavy (non-hydrogen) atoms. The van der Waals surface area contributed by atoms with Crippen molar-refractivity contribution in [3.8, 4) is 0 Å². The fourth-order valence-electron chi connectivity index (χ4n) is 2.15. The Hall–Kier alpha value is -0.960. The van der Waals surface area contributed by atoms with Gasteiger partial charge in [0, 0.05) is 11.6 Å². The van der Waals surface area contributed by atoms with Gasteiger partial charge >= 0.3 is 0 Å². The van der Waals surface area contributed by atoms with E-state index in [0.29, 0.717) is 0 Å². The Bertz CT molecular complexity index is 411. The van der Waals surface area contributed by atoms with E-state index >= 15 is 0 Å². The predicted molar refractivity (Wildman–Crippen MR) is 74.6 cm³/mol. The van der Waals surface area contributed by atoms with E-state index in [0.717, 1.165) is 35.6 Å². The highest BCUT2D eigenvalue weighted by Gasteiger charge is 2.21. The maximum atomic E-state index is 12.1. The molecule has 1 N–H and O–H groups in total. The molecule has 0 atom stereocenters. The maximum Gasteiger partial charge on any atom is 0.227 e. The number of rotatable bonds is 2. The maximum absolute atomic E-state index is 12.1. The molecule has 0 radical (unpaired) electrons. The third-order valence-electron chi connectivity index (χ3n) is 3.23. The smallest absolute Gasteiger partial charge is 0.227 e. The van der Waals surface area contributed by atoms with E-state index in [2.05, 4.69) is 18.3 Å². The lowest BCUT2D eigenvalue weighted by Gasteiger charge is -2.21. The Morgan fingerprint density at radius 3 is 2.65 bits per heavy atom. The summed E-state index contributed by atoms with van der Waals surface area (Å²) < 4.78 is 0. The van der Waals surface area contributed by atoms with Crippen LogP contribution in [0.2, 0.25) is 0 Å². The van der Waals surface area contributed by atoms with Crippen molar-refractivity contribution in [1.82, 2.24) is 0 Å². The highest BCUT2D eigenvalue weighted by molar-refractivity contribution is 7.99. The van der Waals surface area contributed by atoms with Gasteiger partial charge in [0.05, 0.1) is 0 Å². The van der Waals surface area contributed by atoms with E-state index in [1.807, 2.05) is 30.8 Å². The van der Waals surface area contributed by atoms with Crippen LogP contribution in [0.25, 0.3) is 0 Å². The molecular formula is C14H19NOS. The summed E-state index contributed by atoms with van der Waals surface area (Å²) in [5, 5.41) is 3.06. The van der Waals surface area contributed by atoms with Crippen LogP contribution in [0.5, 0.6) is 0 Å². The van der Waals surface area contributed by atoms with Gasteiger partial charge in [0.15, 0.2) is 0 Å².